The van der Waals surface area contributed by atoms with Crippen LogP contribution in [0.4, 0.5) is 11.4 Å². The summed E-state index contributed by atoms with van der Waals surface area (Å²) in [4.78, 5) is 14.4. The zero-order chi connectivity index (χ0) is 14.3. The average molecular weight is 351 g/mol. The van der Waals surface area contributed by atoms with Crippen LogP contribution in [0.5, 0.6) is 0 Å². The highest BCUT2D eigenvalue weighted by Gasteiger charge is 2.19. The van der Waals surface area contributed by atoms with Gasteiger partial charge in [0.1, 0.15) is 0 Å². The van der Waals surface area contributed by atoms with Crippen molar-refractivity contribution < 1.29 is 4.79 Å². The Kier molecular flexibility index (Phi) is 3.56. The van der Waals surface area contributed by atoms with Gasteiger partial charge in [-0.1, -0.05) is 15.9 Å². The number of amides is 1. The van der Waals surface area contributed by atoms with Crippen LogP contribution in [0.25, 0.3) is 0 Å². The summed E-state index contributed by atoms with van der Waals surface area (Å²) in [6.07, 6.45) is 3.41. The van der Waals surface area contributed by atoms with Crippen molar-refractivity contribution in [3.05, 3.63) is 43.6 Å². The number of anilines is 2. The molecule has 0 bridgehead atoms. The van der Waals surface area contributed by atoms with Crippen molar-refractivity contribution in [2.75, 3.05) is 11.1 Å². The lowest BCUT2D eigenvalue weighted by Crippen LogP contribution is -2.12. The minimum atomic E-state index is -0.0754. The van der Waals surface area contributed by atoms with Crippen molar-refractivity contribution in [3.8, 4) is 0 Å². The summed E-state index contributed by atoms with van der Waals surface area (Å²) in [7, 11) is 0. The van der Waals surface area contributed by atoms with Gasteiger partial charge in [-0.05, 0) is 55.5 Å². The van der Waals surface area contributed by atoms with Crippen molar-refractivity contribution in [2.45, 2.75) is 26.2 Å². The van der Waals surface area contributed by atoms with Crippen molar-refractivity contribution in [1.82, 2.24) is 0 Å². The van der Waals surface area contributed by atoms with Crippen LogP contribution >= 0.6 is 27.3 Å². The van der Waals surface area contributed by atoms with E-state index in [1.165, 1.54) is 16.9 Å². The van der Waals surface area contributed by atoms with Crippen molar-refractivity contribution in [3.63, 3.8) is 0 Å². The second-order valence-electron chi connectivity index (χ2n) is 5.05. The third-order valence-electron chi connectivity index (χ3n) is 3.57. The molecule has 1 aliphatic carbocycles. The maximum atomic E-state index is 12.3. The van der Waals surface area contributed by atoms with Crippen molar-refractivity contribution >= 4 is 44.5 Å². The standard InChI is InChI=1S/C15H15BrN2OS/c1-8-5-10(16)7-11(14(8)17)18-15(19)13-6-9-3-2-4-12(9)20-13/h5-7H,2-4,17H2,1H3,(H,18,19). The van der Waals surface area contributed by atoms with Crippen LogP contribution in [0, 0.1) is 6.92 Å². The number of nitrogens with two attached hydrogens (primary N) is 1. The zero-order valence-electron chi connectivity index (χ0n) is 11.1. The first-order valence-electron chi connectivity index (χ1n) is 6.53. The lowest BCUT2D eigenvalue weighted by molar-refractivity contribution is 0.103. The van der Waals surface area contributed by atoms with Crippen LogP contribution in [0.3, 0.4) is 0 Å². The Labute approximate surface area is 130 Å². The molecule has 3 N–H and O–H groups in total. The molecule has 0 saturated carbocycles. The number of hydrogen-bond donors (Lipinski definition) is 2. The van der Waals surface area contributed by atoms with E-state index in [9.17, 15) is 4.79 Å². The molecule has 20 heavy (non-hydrogen) atoms. The van der Waals surface area contributed by atoms with Gasteiger partial charge in [0.05, 0.1) is 16.3 Å². The van der Waals surface area contributed by atoms with E-state index in [4.69, 9.17) is 5.73 Å². The number of carbonyl (C=O) groups is 1. The molecule has 5 heteroatoms. The van der Waals surface area contributed by atoms with Crippen LogP contribution in [0.2, 0.25) is 0 Å². The lowest BCUT2D eigenvalue weighted by atomic mass is 10.1. The van der Waals surface area contributed by atoms with Gasteiger partial charge in [-0.25, -0.2) is 0 Å². The molecule has 1 heterocycles. The maximum absolute atomic E-state index is 12.3. The second kappa shape index (κ2) is 5.22. The SMILES string of the molecule is Cc1cc(Br)cc(NC(=O)c2cc3c(s2)CCC3)c1N. The molecular weight excluding hydrogens is 336 g/mol. The summed E-state index contributed by atoms with van der Waals surface area (Å²) in [6, 6.07) is 5.79. The number of hydrogen-bond acceptors (Lipinski definition) is 3. The zero-order valence-corrected chi connectivity index (χ0v) is 13.5. The molecule has 0 radical (unpaired) electrons. The predicted molar refractivity (Wildman–Crippen MR) is 87.6 cm³/mol. The van der Waals surface area contributed by atoms with Gasteiger partial charge < -0.3 is 11.1 Å². The maximum Gasteiger partial charge on any atom is 0.265 e. The summed E-state index contributed by atoms with van der Waals surface area (Å²) < 4.78 is 0.910. The largest absolute Gasteiger partial charge is 0.397 e. The van der Waals surface area contributed by atoms with E-state index in [0.717, 1.165) is 27.8 Å². The Morgan fingerprint density at radius 1 is 1.35 bits per heavy atom. The number of nitrogen functional groups attached to an aromatic ring is 1. The fourth-order valence-corrected chi connectivity index (χ4v) is 4.20. The first-order valence-corrected chi connectivity index (χ1v) is 8.14. The first-order chi connectivity index (χ1) is 9.54. The average Bonchev–Trinajstić information content (AvgIpc) is 2.95. The Hall–Kier alpha value is -1.33. The quantitative estimate of drug-likeness (QED) is 0.799. The van der Waals surface area contributed by atoms with Gasteiger partial charge in [0, 0.05) is 9.35 Å². The number of carbonyl (C=O) groups excluding carboxylic acids is 1. The van der Waals surface area contributed by atoms with Gasteiger partial charge in [-0.15, -0.1) is 11.3 Å². The lowest BCUT2D eigenvalue weighted by Gasteiger charge is -2.10. The molecule has 0 saturated heterocycles. The number of halogens is 1. The first kappa shape index (κ1) is 13.6. The number of fused-ring (bicyclic) bond motifs is 1. The Morgan fingerprint density at radius 2 is 2.15 bits per heavy atom. The number of rotatable bonds is 2. The molecule has 3 rings (SSSR count). The van der Waals surface area contributed by atoms with Gasteiger partial charge in [-0.2, -0.15) is 0 Å². The molecule has 1 aliphatic rings. The topological polar surface area (TPSA) is 55.1 Å². The van der Waals surface area contributed by atoms with Crippen molar-refractivity contribution in [2.24, 2.45) is 0 Å². The van der Waals surface area contributed by atoms with Crippen LogP contribution < -0.4 is 11.1 Å². The van der Waals surface area contributed by atoms with Crippen LogP contribution in [0.15, 0.2) is 22.7 Å². The molecule has 1 aromatic heterocycles. The molecule has 0 unspecified atom stereocenters. The summed E-state index contributed by atoms with van der Waals surface area (Å²) >= 11 is 5.02. The highest BCUT2D eigenvalue weighted by molar-refractivity contribution is 9.10. The smallest absolute Gasteiger partial charge is 0.265 e. The monoisotopic (exact) mass is 350 g/mol. The number of benzene rings is 1. The molecule has 0 aliphatic heterocycles. The van der Waals surface area contributed by atoms with Crippen LogP contribution in [0.1, 0.15) is 32.1 Å². The van der Waals surface area contributed by atoms with Gasteiger partial charge in [0.25, 0.3) is 5.91 Å². The van der Waals surface area contributed by atoms with E-state index >= 15 is 0 Å². The van der Waals surface area contributed by atoms with Crippen LogP contribution in [-0.4, -0.2) is 5.91 Å². The van der Waals surface area contributed by atoms with Crippen LogP contribution in [-0.2, 0) is 12.8 Å². The molecule has 2 aromatic rings. The van der Waals surface area contributed by atoms with E-state index in [1.54, 1.807) is 11.3 Å². The predicted octanol–water partition coefficient (Wildman–Crippen LogP) is 4.14. The summed E-state index contributed by atoms with van der Waals surface area (Å²) in [5.41, 5.74) is 9.58. The molecule has 0 spiro atoms. The minimum absolute atomic E-state index is 0.0754. The molecule has 1 amide bonds. The van der Waals surface area contributed by atoms with Gasteiger partial charge >= 0.3 is 0 Å². The summed E-state index contributed by atoms with van der Waals surface area (Å²) in [5.74, 6) is -0.0754. The fraction of sp³-hybridized carbons (Fsp3) is 0.267. The Bertz CT molecular complexity index is 672. The van der Waals surface area contributed by atoms with Gasteiger partial charge in [0.2, 0.25) is 0 Å². The molecule has 104 valence electrons. The third kappa shape index (κ3) is 2.47. The summed E-state index contributed by atoms with van der Waals surface area (Å²) in [5, 5.41) is 2.91. The molecule has 1 aromatic carbocycles. The molecular formula is C15H15BrN2OS. The Balaban J connectivity index is 1.85. The minimum Gasteiger partial charge on any atom is -0.397 e. The highest BCUT2D eigenvalue weighted by atomic mass is 79.9. The second-order valence-corrected chi connectivity index (χ2v) is 7.10. The molecule has 3 nitrogen and oxygen atoms in total. The fourth-order valence-electron chi connectivity index (χ4n) is 2.48. The van der Waals surface area contributed by atoms with Gasteiger partial charge in [-0.3, -0.25) is 4.79 Å². The molecule has 0 atom stereocenters. The number of thiophene rings is 1. The number of aryl methyl sites for hydroxylation is 3. The van der Waals surface area contributed by atoms with Gasteiger partial charge in [0.15, 0.2) is 0 Å². The Morgan fingerprint density at radius 3 is 2.90 bits per heavy atom. The van der Waals surface area contributed by atoms with E-state index in [-0.39, 0.29) is 5.91 Å². The number of nitrogens with one attached hydrogen (secondary N) is 1. The molecule has 0 fully saturated rings. The van der Waals surface area contributed by atoms with E-state index < -0.39 is 0 Å². The van der Waals surface area contributed by atoms with E-state index in [0.29, 0.717) is 11.4 Å². The summed E-state index contributed by atoms with van der Waals surface area (Å²) in [6.45, 7) is 1.93. The van der Waals surface area contributed by atoms with E-state index in [2.05, 4.69) is 21.2 Å². The third-order valence-corrected chi connectivity index (χ3v) is 5.26. The van der Waals surface area contributed by atoms with E-state index in [1.807, 2.05) is 25.1 Å². The van der Waals surface area contributed by atoms with Crippen molar-refractivity contribution in [1.29, 1.82) is 0 Å². The normalized spacial score (nSPS) is 13.3. The highest BCUT2D eigenvalue weighted by Crippen LogP contribution is 2.32.